The van der Waals surface area contributed by atoms with Gasteiger partial charge >= 0.3 is 26.0 Å². The number of rotatable bonds is 4. The Labute approximate surface area is 341 Å². The summed E-state index contributed by atoms with van der Waals surface area (Å²) in [5, 5.41) is 5.06. The molecule has 3 heterocycles. The summed E-state index contributed by atoms with van der Waals surface area (Å²) in [5.41, 5.74) is 7.54. The molecule has 54 heavy (non-hydrogen) atoms. The molecule has 0 unspecified atom stereocenters. The molecule has 0 saturated carbocycles. The number of unbranched alkanes of at least 4 members (excludes halogenated alkanes) is 1. The first-order valence-corrected chi connectivity index (χ1v) is 18.9. The molecule has 7 heteroatoms. The normalized spacial score (nSPS) is 14.2. The van der Waals surface area contributed by atoms with E-state index in [9.17, 15) is 0 Å². The Balaban J connectivity index is 0.000000190. The number of hydrogen-bond donors (Lipinski definition) is 0. The number of benzene rings is 6. The van der Waals surface area contributed by atoms with E-state index in [0.29, 0.717) is 0 Å². The third-order valence-electron chi connectivity index (χ3n) is 10.2. The zero-order chi connectivity index (χ0) is 36.5. The van der Waals surface area contributed by atoms with Crippen molar-refractivity contribution in [3.8, 4) is 11.4 Å². The van der Waals surface area contributed by atoms with E-state index in [2.05, 4.69) is 200 Å². The number of halogens is 1. The Kier molecular flexibility index (Phi) is 13.1. The van der Waals surface area contributed by atoms with Gasteiger partial charge in [0.15, 0.2) is 0 Å². The van der Waals surface area contributed by atoms with Crippen LogP contribution >= 0.6 is 15.9 Å². The maximum atomic E-state index is 6.29. The molecule has 6 aromatic carbocycles. The van der Waals surface area contributed by atoms with Crippen LogP contribution < -0.4 is 24.3 Å². The summed E-state index contributed by atoms with van der Waals surface area (Å²) in [6, 6.07) is 51.1. The van der Waals surface area contributed by atoms with E-state index in [1.54, 1.807) is 0 Å². The van der Waals surface area contributed by atoms with Gasteiger partial charge in [-0.05, 0) is 87.8 Å². The average molecular weight is 772 g/mol. The van der Waals surface area contributed by atoms with Crippen LogP contribution in [-0.2, 0) is 9.31 Å². The van der Waals surface area contributed by atoms with E-state index in [4.69, 9.17) is 9.31 Å². The van der Waals surface area contributed by atoms with Crippen LogP contribution in [0.4, 0.5) is 0 Å². The summed E-state index contributed by atoms with van der Waals surface area (Å²) < 4.78 is 18.3. The van der Waals surface area contributed by atoms with Gasteiger partial charge in [-0.15, -0.1) is 0 Å². The minimum atomic E-state index is -0.364. The molecule has 9 rings (SSSR count). The Hall–Kier alpha value is -4.02. The third kappa shape index (κ3) is 7.87. The molecular formula is C47H49BBrLiN2O2. The number of fused-ring (bicyclic) bond motifs is 6. The monoisotopic (exact) mass is 770 g/mol. The molecule has 0 amide bonds. The van der Waals surface area contributed by atoms with Crippen molar-refractivity contribution in [1.82, 2.24) is 9.13 Å². The van der Waals surface area contributed by atoms with Crippen molar-refractivity contribution >= 4 is 72.1 Å². The zero-order valence-corrected chi connectivity index (χ0v) is 33.2. The van der Waals surface area contributed by atoms with Crippen molar-refractivity contribution in [3.63, 3.8) is 0 Å². The first-order chi connectivity index (χ1) is 25.1. The van der Waals surface area contributed by atoms with Gasteiger partial charge in [0, 0.05) is 37.4 Å². The second-order valence-electron chi connectivity index (χ2n) is 14.3. The van der Waals surface area contributed by atoms with Gasteiger partial charge < -0.3 is 25.4 Å². The third-order valence-corrected chi connectivity index (χ3v) is 10.7. The summed E-state index contributed by atoms with van der Waals surface area (Å²) in [6.45, 7) is 14.1. The predicted molar refractivity (Wildman–Crippen MR) is 232 cm³/mol. The van der Waals surface area contributed by atoms with Crippen LogP contribution in [0.2, 0.25) is 0 Å². The van der Waals surface area contributed by atoms with Gasteiger partial charge in [-0.1, -0.05) is 128 Å². The van der Waals surface area contributed by atoms with Crippen LogP contribution in [0.3, 0.4) is 0 Å². The minimum absolute atomic E-state index is 0. The molecule has 8 aromatic rings. The molecule has 1 fully saturated rings. The first-order valence-electron chi connectivity index (χ1n) is 18.1. The van der Waals surface area contributed by atoms with Gasteiger partial charge in [0.1, 0.15) is 0 Å². The fourth-order valence-corrected chi connectivity index (χ4v) is 7.12. The molecule has 1 aliphatic rings. The smallest absolute Gasteiger partial charge is 0.399 e. The molecule has 0 atom stereocenters. The number of para-hydroxylation sites is 4. The van der Waals surface area contributed by atoms with E-state index < -0.39 is 0 Å². The van der Waals surface area contributed by atoms with Gasteiger partial charge in [0.05, 0.1) is 33.3 Å². The second kappa shape index (κ2) is 17.2. The second-order valence-corrected chi connectivity index (χ2v) is 15.2. The van der Waals surface area contributed by atoms with E-state index in [1.807, 2.05) is 12.1 Å². The first kappa shape index (κ1) is 41.2. The average Bonchev–Trinajstić information content (AvgIpc) is 3.75. The van der Waals surface area contributed by atoms with Crippen molar-refractivity contribution in [3.05, 3.63) is 157 Å². The van der Waals surface area contributed by atoms with E-state index >= 15 is 0 Å². The zero-order valence-electron chi connectivity index (χ0n) is 31.6. The molecule has 1 aliphatic heterocycles. The topological polar surface area (TPSA) is 28.3 Å². The summed E-state index contributed by atoms with van der Waals surface area (Å²) in [6.07, 6.45) is 2.28. The molecule has 2 aromatic heterocycles. The quantitative estimate of drug-likeness (QED) is 0.132. The summed E-state index contributed by atoms with van der Waals surface area (Å²) in [4.78, 5) is 0. The van der Waals surface area contributed by atoms with Crippen molar-refractivity contribution in [2.24, 2.45) is 0 Å². The number of aromatic nitrogens is 2. The van der Waals surface area contributed by atoms with Crippen LogP contribution in [0.5, 0.6) is 0 Å². The molecule has 0 spiro atoms. The summed E-state index contributed by atoms with van der Waals surface area (Å²) >= 11 is 3.58. The molecular weight excluding hydrogens is 722 g/mol. The molecule has 270 valence electrons. The van der Waals surface area contributed by atoms with Crippen molar-refractivity contribution in [2.75, 3.05) is 0 Å². The van der Waals surface area contributed by atoms with Crippen molar-refractivity contribution in [1.29, 1.82) is 0 Å². The van der Waals surface area contributed by atoms with Gasteiger partial charge in [-0.2, -0.15) is 6.42 Å². The molecule has 0 aliphatic carbocycles. The Bertz CT molecular complexity index is 2460. The Morgan fingerprint density at radius 1 is 0.556 bits per heavy atom. The Morgan fingerprint density at radius 2 is 0.944 bits per heavy atom. The molecule has 4 nitrogen and oxygen atoms in total. The van der Waals surface area contributed by atoms with Gasteiger partial charge in [0.2, 0.25) is 0 Å². The molecule has 0 bridgehead atoms. The van der Waals surface area contributed by atoms with Crippen LogP contribution in [0.25, 0.3) is 55.0 Å². The number of nitrogens with zero attached hydrogens (tertiary/aromatic N) is 2. The van der Waals surface area contributed by atoms with Crippen LogP contribution in [0, 0.1) is 6.92 Å². The van der Waals surface area contributed by atoms with E-state index in [0.717, 1.165) is 22.0 Å². The van der Waals surface area contributed by atoms with E-state index in [1.165, 1.54) is 55.7 Å². The SMILES string of the molecule is Brc1ccc2c3ccccc3n(-c3ccccc3)c2c1.C.CC1(C)OB(c2ccc3c4ccccc4n(-c4ccccc4)c3c2)OC1(C)C.[CH2-]CCC.[Li+]. The molecule has 0 N–H and O–H groups in total. The Morgan fingerprint density at radius 3 is 1.41 bits per heavy atom. The minimum Gasteiger partial charge on any atom is -0.399 e. The fourth-order valence-electron chi connectivity index (χ4n) is 6.77. The maximum absolute atomic E-state index is 6.29. The molecule has 1 saturated heterocycles. The van der Waals surface area contributed by atoms with Gasteiger partial charge in [-0.25, -0.2) is 0 Å². The fraction of sp³-hybridized carbons (Fsp3) is 0.213. The standard InChI is InChI=1S/C24H24BNO2.C18H12BrN.C4H9.CH4.Li/c1-23(2)24(3,4)28-25(27-23)17-14-15-20-19-12-8-9-13-21(19)26(22(20)16-17)18-10-6-5-7-11-18;19-13-10-11-16-15-8-4-5-9-17(15)20(18(16)12-13)14-6-2-1-3-7-14;1-3-4-2;;/h5-16H,1-4H3;1-12H;1,3-4H2,2H3;1H4;/q;;-1;;+1. The summed E-state index contributed by atoms with van der Waals surface area (Å²) in [7, 11) is -0.364. The van der Waals surface area contributed by atoms with Crippen LogP contribution in [-0.4, -0.2) is 27.5 Å². The van der Waals surface area contributed by atoms with Gasteiger partial charge in [-0.3, -0.25) is 0 Å². The predicted octanol–water partition coefficient (Wildman–Crippen LogP) is 9.89. The largest absolute Gasteiger partial charge is 1.00 e. The van der Waals surface area contributed by atoms with E-state index in [-0.39, 0.29) is 44.6 Å². The van der Waals surface area contributed by atoms with Gasteiger partial charge in [0.25, 0.3) is 0 Å². The van der Waals surface area contributed by atoms with Crippen molar-refractivity contribution < 1.29 is 28.2 Å². The van der Waals surface area contributed by atoms with Crippen LogP contribution in [0.1, 0.15) is 54.9 Å². The molecule has 0 radical (unpaired) electrons. The summed E-state index contributed by atoms with van der Waals surface area (Å²) in [5.74, 6) is 0. The number of hydrogen-bond acceptors (Lipinski definition) is 2. The maximum Gasteiger partial charge on any atom is 1.00 e. The van der Waals surface area contributed by atoms with Crippen LogP contribution in [0.15, 0.2) is 150 Å². The van der Waals surface area contributed by atoms with Crippen molar-refractivity contribution in [2.45, 2.75) is 66.1 Å².